The highest BCUT2D eigenvalue weighted by molar-refractivity contribution is 7.86. The molecule has 33 heavy (non-hydrogen) atoms. The fraction of sp³-hybridized carbons (Fsp3) is 0.750. The van der Waals surface area contributed by atoms with Crippen molar-refractivity contribution < 1.29 is 31.0 Å². The molecule has 9 heteroatoms. The summed E-state index contributed by atoms with van der Waals surface area (Å²) in [6, 6.07) is 4.13. The number of unbranched alkanes of at least 4 members (excludes halogenated alkanes) is 10. The van der Waals surface area contributed by atoms with Gasteiger partial charge >= 0.3 is 0 Å². The summed E-state index contributed by atoms with van der Waals surface area (Å²) in [5.41, 5.74) is -0.0816. The maximum Gasteiger partial charge on any atom is 0.272 e. The second-order valence-electron chi connectivity index (χ2n) is 8.90. The molecule has 0 aliphatic carbocycles. The summed E-state index contributed by atoms with van der Waals surface area (Å²) in [4.78, 5) is 0. The van der Waals surface area contributed by atoms with E-state index in [1.54, 1.807) is 0 Å². The Labute approximate surface area is 200 Å². The van der Waals surface area contributed by atoms with Crippen molar-refractivity contribution in [3.63, 3.8) is 0 Å². The maximum atomic E-state index is 12.3. The molecule has 1 aromatic rings. The Morgan fingerprint density at radius 1 is 0.667 bits per heavy atom. The zero-order valence-corrected chi connectivity index (χ0v) is 21.7. The Kier molecular flexibility index (Phi) is 13.5. The molecule has 0 aliphatic heterocycles. The Morgan fingerprint density at radius 2 is 1.09 bits per heavy atom. The molecular weight excluding hydrogens is 464 g/mol. The maximum absolute atomic E-state index is 12.3. The van der Waals surface area contributed by atoms with Crippen LogP contribution in [0, 0.1) is 0 Å². The number of phenols is 1. The standard InChI is InChI=1S/C24H42O7S2/c1-3-5-7-9-11-13-18-22(32(26,27)28)20-16-15-17-21(25)24(20)23(33(29,30)31)19-14-12-10-8-6-4-2/h15-17,22-23,25H,3-14,18-19H2,1-2H3,(H,26,27,28)(H,29,30,31). The Hall–Kier alpha value is -1.16. The highest BCUT2D eigenvalue weighted by atomic mass is 32.2. The first-order valence-corrected chi connectivity index (χ1v) is 15.3. The number of hydrogen-bond acceptors (Lipinski definition) is 5. The van der Waals surface area contributed by atoms with Crippen LogP contribution in [-0.4, -0.2) is 31.0 Å². The minimum absolute atomic E-state index is 0.0414. The van der Waals surface area contributed by atoms with Crippen LogP contribution in [0.25, 0.3) is 0 Å². The van der Waals surface area contributed by atoms with Crippen molar-refractivity contribution in [1.82, 2.24) is 0 Å². The molecule has 1 aromatic carbocycles. The summed E-state index contributed by atoms with van der Waals surface area (Å²) in [5, 5.41) is 7.72. The summed E-state index contributed by atoms with van der Waals surface area (Å²) < 4.78 is 68.9. The van der Waals surface area contributed by atoms with E-state index in [0.29, 0.717) is 12.8 Å². The van der Waals surface area contributed by atoms with Gasteiger partial charge in [-0.3, -0.25) is 9.11 Å². The van der Waals surface area contributed by atoms with Crippen molar-refractivity contribution in [3.05, 3.63) is 29.3 Å². The number of hydrogen-bond donors (Lipinski definition) is 3. The number of aromatic hydroxyl groups is 1. The summed E-state index contributed by atoms with van der Waals surface area (Å²) in [6.07, 6.45) is 11.1. The van der Waals surface area contributed by atoms with Crippen molar-refractivity contribution >= 4 is 20.2 Å². The largest absolute Gasteiger partial charge is 0.508 e. The molecule has 0 fully saturated rings. The second-order valence-corrected chi connectivity index (χ2v) is 12.1. The monoisotopic (exact) mass is 506 g/mol. The van der Waals surface area contributed by atoms with Crippen molar-refractivity contribution in [2.75, 3.05) is 0 Å². The molecule has 0 bridgehead atoms. The number of phenolic OH excluding ortho intramolecular Hbond substituents is 1. The molecule has 192 valence electrons. The normalized spacial score (nSPS) is 14.3. The molecule has 7 nitrogen and oxygen atoms in total. The van der Waals surface area contributed by atoms with E-state index in [0.717, 1.165) is 64.2 Å². The summed E-state index contributed by atoms with van der Waals surface area (Å²) in [6.45, 7) is 4.21. The van der Waals surface area contributed by atoms with Crippen molar-refractivity contribution in [2.24, 2.45) is 0 Å². The molecule has 0 amide bonds. The van der Waals surface area contributed by atoms with Gasteiger partial charge in [-0.05, 0) is 24.5 Å². The van der Waals surface area contributed by atoms with Gasteiger partial charge in [0.1, 0.15) is 16.2 Å². The molecule has 0 heterocycles. The van der Waals surface area contributed by atoms with E-state index in [2.05, 4.69) is 13.8 Å². The lowest BCUT2D eigenvalue weighted by Gasteiger charge is -2.23. The first-order valence-electron chi connectivity index (χ1n) is 12.3. The van der Waals surface area contributed by atoms with Gasteiger partial charge < -0.3 is 5.11 Å². The molecule has 0 aliphatic rings. The van der Waals surface area contributed by atoms with E-state index < -0.39 is 36.5 Å². The Balaban J connectivity index is 3.15. The molecule has 1 rings (SSSR count). The average molecular weight is 507 g/mol. The molecule has 0 saturated heterocycles. The predicted molar refractivity (Wildman–Crippen MR) is 133 cm³/mol. The summed E-state index contributed by atoms with van der Waals surface area (Å²) in [5.74, 6) is -0.391. The van der Waals surface area contributed by atoms with Crippen LogP contribution in [0.2, 0.25) is 0 Å². The summed E-state index contributed by atoms with van der Waals surface area (Å²) >= 11 is 0. The third kappa shape index (κ3) is 10.8. The van der Waals surface area contributed by atoms with Gasteiger partial charge in [0, 0.05) is 5.56 Å². The van der Waals surface area contributed by atoms with Crippen LogP contribution in [0.3, 0.4) is 0 Å². The van der Waals surface area contributed by atoms with Crippen LogP contribution in [0.5, 0.6) is 5.75 Å². The quantitative estimate of drug-likeness (QED) is 0.148. The van der Waals surface area contributed by atoms with E-state index in [1.165, 1.54) is 18.2 Å². The molecule has 2 atom stereocenters. The predicted octanol–water partition coefficient (Wildman–Crippen LogP) is 6.75. The second kappa shape index (κ2) is 15.0. The zero-order valence-electron chi connectivity index (χ0n) is 20.1. The minimum atomic E-state index is -4.61. The lowest BCUT2D eigenvalue weighted by Crippen LogP contribution is -2.19. The van der Waals surface area contributed by atoms with E-state index in [1.807, 2.05) is 0 Å². The highest BCUT2D eigenvalue weighted by Gasteiger charge is 2.35. The van der Waals surface area contributed by atoms with Gasteiger partial charge in [-0.25, -0.2) is 0 Å². The lowest BCUT2D eigenvalue weighted by molar-refractivity contribution is 0.435. The molecule has 0 radical (unpaired) electrons. The molecule has 0 spiro atoms. The first kappa shape index (κ1) is 29.9. The van der Waals surface area contributed by atoms with E-state index in [4.69, 9.17) is 0 Å². The Bertz CT molecular complexity index is 895. The van der Waals surface area contributed by atoms with Crippen LogP contribution in [0.15, 0.2) is 18.2 Å². The lowest BCUT2D eigenvalue weighted by atomic mass is 9.94. The van der Waals surface area contributed by atoms with Crippen LogP contribution in [0.1, 0.15) is 125 Å². The SMILES string of the molecule is CCCCCCCCC(c1cccc(O)c1C(CCCCCCCC)S(=O)(=O)O)S(=O)(=O)O. The van der Waals surface area contributed by atoms with Gasteiger partial charge in [0.05, 0.1) is 0 Å². The third-order valence-electron chi connectivity index (χ3n) is 6.14. The van der Waals surface area contributed by atoms with E-state index in [-0.39, 0.29) is 24.0 Å². The molecule has 0 saturated carbocycles. The smallest absolute Gasteiger partial charge is 0.272 e. The van der Waals surface area contributed by atoms with E-state index >= 15 is 0 Å². The Morgan fingerprint density at radius 3 is 1.55 bits per heavy atom. The van der Waals surface area contributed by atoms with Gasteiger partial charge in [0.2, 0.25) is 0 Å². The van der Waals surface area contributed by atoms with Crippen molar-refractivity contribution in [3.8, 4) is 5.75 Å². The summed E-state index contributed by atoms with van der Waals surface area (Å²) in [7, 11) is -9.17. The van der Waals surface area contributed by atoms with Crippen molar-refractivity contribution in [2.45, 2.75) is 114 Å². The molecular formula is C24H42O7S2. The van der Waals surface area contributed by atoms with Gasteiger partial charge in [-0.2, -0.15) is 16.8 Å². The zero-order chi connectivity index (χ0) is 24.9. The van der Waals surface area contributed by atoms with Crippen LogP contribution in [0.4, 0.5) is 0 Å². The number of benzene rings is 1. The fourth-order valence-corrected chi connectivity index (χ4v) is 6.34. The van der Waals surface area contributed by atoms with Gasteiger partial charge in [0.15, 0.2) is 0 Å². The molecule has 0 aromatic heterocycles. The fourth-order valence-electron chi connectivity index (χ4n) is 4.33. The highest BCUT2D eigenvalue weighted by Crippen LogP contribution is 2.42. The topological polar surface area (TPSA) is 129 Å². The van der Waals surface area contributed by atoms with Crippen LogP contribution >= 0.6 is 0 Å². The van der Waals surface area contributed by atoms with Gasteiger partial charge in [-0.15, -0.1) is 0 Å². The molecule has 2 unspecified atom stereocenters. The van der Waals surface area contributed by atoms with Gasteiger partial charge in [-0.1, -0.05) is 103 Å². The first-order chi connectivity index (χ1) is 15.5. The van der Waals surface area contributed by atoms with Crippen LogP contribution in [-0.2, 0) is 20.2 Å². The number of rotatable bonds is 18. The van der Waals surface area contributed by atoms with Crippen molar-refractivity contribution in [1.29, 1.82) is 0 Å². The van der Waals surface area contributed by atoms with Crippen LogP contribution < -0.4 is 0 Å². The minimum Gasteiger partial charge on any atom is -0.508 e. The van der Waals surface area contributed by atoms with E-state index in [9.17, 15) is 31.0 Å². The van der Waals surface area contributed by atoms with Gasteiger partial charge in [0.25, 0.3) is 20.2 Å². The average Bonchev–Trinajstić information content (AvgIpc) is 2.71. The molecule has 3 N–H and O–H groups in total. The third-order valence-corrected chi connectivity index (χ3v) is 8.54.